The highest BCUT2D eigenvalue weighted by molar-refractivity contribution is 5.62. The molecule has 1 aliphatic carbocycles. The molecule has 0 amide bonds. The highest BCUT2D eigenvalue weighted by atomic mass is 16.1. The maximum atomic E-state index is 11.0. The van der Waals surface area contributed by atoms with Crippen LogP contribution in [0.5, 0.6) is 0 Å². The van der Waals surface area contributed by atoms with Gasteiger partial charge in [-0.1, -0.05) is 59.7 Å². The van der Waals surface area contributed by atoms with E-state index in [0.717, 1.165) is 11.8 Å². The summed E-state index contributed by atoms with van der Waals surface area (Å²) in [6.45, 7) is 13.6. The third-order valence-electron chi connectivity index (χ3n) is 5.33. The summed E-state index contributed by atoms with van der Waals surface area (Å²) in [4.78, 5) is 11.0. The summed E-state index contributed by atoms with van der Waals surface area (Å²) >= 11 is 0. The highest BCUT2D eigenvalue weighted by Gasteiger charge is 2.48. The van der Waals surface area contributed by atoms with Crippen molar-refractivity contribution < 1.29 is 4.79 Å². The number of hydrogen-bond donors (Lipinski definition) is 0. The van der Waals surface area contributed by atoms with Crippen molar-refractivity contribution in [3.05, 3.63) is 34.9 Å². The van der Waals surface area contributed by atoms with Crippen molar-refractivity contribution in [1.82, 2.24) is 0 Å². The van der Waals surface area contributed by atoms with Crippen LogP contribution in [0.25, 0.3) is 0 Å². The number of hydrogen-bond acceptors (Lipinski definition) is 1. The van der Waals surface area contributed by atoms with Crippen LogP contribution in [0.2, 0.25) is 0 Å². The molecule has 0 radical (unpaired) electrons. The summed E-state index contributed by atoms with van der Waals surface area (Å²) in [5.41, 5.74) is 4.40. The van der Waals surface area contributed by atoms with Gasteiger partial charge in [-0.15, -0.1) is 0 Å². The average Bonchev–Trinajstić information content (AvgIpc) is 2.47. The number of carbonyl (C=O) groups is 1. The molecule has 0 fully saturated rings. The molecule has 2 rings (SSSR count). The van der Waals surface area contributed by atoms with E-state index in [2.05, 4.69) is 52.8 Å². The molecule has 0 spiro atoms. The molecule has 1 nitrogen and oxygen atoms in total. The van der Waals surface area contributed by atoms with Gasteiger partial charge in [0.1, 0.15) is 6.29 Å². The molecule has 1 aromatic carbocycles. The van der Waals surface area contributed by atoms with Crippen molar-refractivity contribution in [2.75, 3.05) is 0 Å². The van der Waals surface area contributed by atoms with E-state index in [1.165, 1.54) is 11.1 Å². The Morgan fingerprint density at radius 1 is 1.11 bits per heavy atom. The Morgan fingerprint density at radius 3 is 2.22 bits per heavy atom. The highest BCUT2D eigenvalue weighted by Crippen LogP contribution is 2.53. The van der Waals surface area contributed by atoms with Crippen molar-refractivity contribution in [1.29, 1.82) is 0 Å². The van der Waals surface area contributed by atoms with Crippen LogP contribution in [0, 0.1) is 5.92 Å². The summed E-state index contributed by atoms with van der Waals surface area (Å²) in [6.07, 6.45) is 1.03. The molecular formula is C17H24O. The van der Waals surface area contributed by atoms with Crippen molar-refractivity contribution in [2.45, 2.75) is 58.3 Å². The molecular weight excluding hydrogens is 220 g/mol. The smallest absolute Gasteiger partial charge is 0.127 e. The maximum absolute atomic E-state index is 11.0. The van der Waals surface area contributed by atoms with E-state index >= 15 is 0 Å². The molecule has 1 heteroatoms. The van der Waals surface area contributed by atoms with E-state index in [9.17, 15) is 4.79 Å². The van der Waals surface area contributed by atoms with Gasteiger partial charge in [-0.05, 0) is 33.4 Å². The van der Waals surface area contributed by atoms with Crippen LogP contribution in [-0.2, 0) is 15.6 Å². The largest absolute Gasteiger partial charge is 0.303 e. The number of rotatable bonds is 2. The Labute approximate surface area is 111 Å². The fourth-order valence-corrected chi connectivity index (χ4v) is 3.39. The lowest BCUT2D eigenvalue weighted by Crippen LogP contribution is -2.30. The molecule has 2 unspecified atom stereocenters. The molecule has 0 bridgehead atoms. The zero-order valence-corrected chi connectivity index (χ0v) is 12.4. The molecule has 18 heavy (non-hydrogen) atoms. The van der Waals surface area contributed by atoms with Crippen LogP contribution in [0.1, 0.15) is 64.2 Å². The number of carbonyl (C=O) groups excluding carboxylic acids is 1. The van der Waals surface area contributed by atoms with Crippen LogP contribution in [-0.4, -0.2) is 6.29 Å². The lowest BCUT2D eigenvalue weighted by Gasteiger charge is -2.32. The first-order chi connectivity index (χ1) is 8.22. The quantitative estimate of drug-likeness (QED) is 0.713. The lowest BCUT2D eigenvalue weighted by atomic mass is 9.71. The standard InChI is InChI=1S/C17H24O/c1-11(10-18)13-7-8-14-15(9-13)17(5,6)12(2)16(14,3)4/h7-12H,1-6H3. The summed E-state index contributed by atoms with van der Waals surface area (Å²) in [5.74, 6) is 0.590. The molecule has 0 N–H and O–H groups in total. The van der Waals surface area contributed by atoms with Gasteiger partial charge < -0.3 is 4.79 Å². The van der Waals surface area contributed by atoms with Crippen LogP contribution in [0.15, 0.2) is 18.2 Å². The Bertz CT molecular complexity index is 482. The van der Waals surface area contributed by atoms with E-state index in [4.69, 9.17) is 0 Å². The second-order valence-corrected chi connectivity index (χ2v) is 6.89. The van der Waals surface area contributed by atoms with Gasteiger partial charge in [-0.25, -0.2) is 0 Å². The summed E-state index contributed by atoms with van der Waals surface area (Å²) in [7, 11) is 0. The molecule has 1 aromatic rings. The second kappa shape index (κ2) is 3.94. The molecule has 0 aromatic heterocycles. The molecule has 1 aliphatic rings. The molecule has 2 atom stereocenters. The lowest BCUT2D eigenvalue weighted by molar-refractivity contribution is -0.108. The van der Waals surface area contributed by atoms with Crippen LogP contribution < -0.4 is 0 Å². The Morgan fingerprint density at radius 2 is 1.67 bits per heavy atom. The van der Waals surface area contributed by atoms with Gasteiger partial charge in [0.2, 0.25) is 0 Å². The van der Waals surface area contributed by atoms with Gasteiger partial charge in [0, 0.05) is 5.92 Å². The number of aldehydes is 1. The van der Waals surface area contributed by atoms with Crippen molar-refractivity contribution >= 4 is 6.29 Å². The first kappa shape index (κ1) is 13.3. The minimum Gasteiger partial charge on any atom is -0.303 e. The topological polar surface area (TPSA) is 17.1 Å². The first-order valence-electron chi connectivity index (χ1n) is 6.83. The second-order valence-electron chi connectivity index (χ2n) is 6.89. The van der Waals surface area contributed by atoms with Crippen molar-refractivity contribution in [3.63, 3.8) is 0 Å². The first-order valence-corrected chi connectivity index (χ1v) is 6.83. The SMILES string of the molecule is CC(C=O)c1ccc2c(c1)C(C)(C)C(C)C2(C)C. The molecule has 0 saturated heterocycles. The minimum absolute atomic E-state index is 0.00915. The maximum Gasteiger partial charge on any atom is 0.127 e. The molecule has 0 heterocycles. The Hall–Kier alpha value is -1.11. The third kappa shape index (κ3) is 1.64. The molecule has 98 valence electrons. The van der Waals surface area contributed by atoms with Crippen molar-refractivity contribution in [2.24, 2.45) is 5.92 Å². The minimum atomic E-state index is -0.00915. The Balaban J connectivity index is 2.62. The fraction of sp³-hybridized carbons (Fsp3) is 0.588. The van der Waals surface area contributed by atoms with Gasteiger partial charge in [-0.3, -0.25) is 0 Å². The fourth-order valence-electron chi connectivity index (χ4n) is 3.39. The average molecular weight is 244 g/mol. The normalized spacial score (nSPS) is 25.6. The summed E-state index contributed by atoms with van der Waals surface area (Å²) < 4.78 is 0. The van der Waals surface area contributed by atoms with Gasteiger partial charge in [-0.2, -0.15) is 0 Å². The van der Waals surface area contributed by atoms with Crippen LogP contribution in [0.3, 0.4) is 0 Å². The summed E-state index contributed by atoms with van der Waals surface area (Å²) in [6, 6.07) is 6.60. The van der Waals surface area contributed by atoms with E-state index in [0.29, 0.717) is 5.92 Å². The third-order valence-corrected chi connectivity index (χ3v) is 5.33. The Kier molecular flexibility index (Phi) is 2.92. The predicted octanol–water partition coefficient (Wildman–Crippen LogP) is 4.19. The van der Waals surface area contributed by atoms with E-state index in [-0.39, 0.29) is 16.7 Å². The van der Waals surface area contributed by atoms with E-state index < -0.39 is 0 Å². The van der Waals surface area contributed by atoms with Crippen LogP contribution >= 0.6 is 0 Å². The molecule has 0 aliphatic heterocycles. The summed E-state index contributed by atoms with van der Waals surface area (Å²) in [5, 5.41) is 0. The number of fused-ring (bicyclic) bond motifs is 1. The number of benzene rings is 1. The van der Waals surface area contributed by atoms with Crippen LogP contribution in [0.4, 0.5) is 0 Å². The van der Waals surface area contributed by atoms with Gasteiger partial charge in [0.25, 0.3) is 0 Å². The van der Waals surface area contributed by atoms with Gasteiger partial charge >= 0.3 is 0 Å². The van der Waals surface area contributed by atoms with Gasteiger partial charge in [0.15, 0.2) is 0 Å². The zero-order chi connectivity index (χ0) is 13.7. The zero-order valence-electron chi connectivity index (χ0n) is 12.4. The monoisotopic (exact) mass is 244 g/mol. The van der Waals surface area contributed by atoms with E-state index in [1.807, 2.05) is 6.92 Å². The van der Waals surface area contributed by atoms with E-state index in [1.54, 1.807) is 0 Å². The van der Waals surface area contributed by atoms with Crippen molar-refractivity contribution in [3.8, 4) is 0 Å². The van der Waals surface area contributed by atoms with Gasteiger partial charge in [0.05, 0.1) is 0 Å². The predicted molar refractivity (Wildman–Crippen MR) is 76.1 cm³/mol. The molecule has 0 saturated carbocycles.